The van der Waals surface area contributed by atoms with Crippen LogP contribution in [0.3, 0.4) is 0 Å². The van der Waals surface area contributed by atoms with Crippen LogP contribution in [0.15, 0.2) is 0 Å². The topological polar surface area (TPSA) is 38.0 Å². The second kappa shape index (κ2) is 4.69. The summed E-state index contributed by atoms with van der Waals surface area (Å²) in [4.78, 5) is 0. The van der Waals surface area contributed by atoms with Crippen molar-refractivity contribution < 1.29 is 0 Å². The van der Waals surface area contributed by atoms with Crippen LogP contribution in [0.5, 0.6) is 0 Å². The summed E-state index contributed by atoms with van der Waals surface area (Å²) in [5.41, 5.74) is 2.85. The fraction of sp³-hybridized carbons (Fsp3) is 1.00. The number of rotatable bonds is 4. The van der Waals surface area contributed by atoms with Crippen molar-refractivity contribution in [3.8, 4) is 0 Å². The minimum atomic E-state index is 0.463. The van der Waals surface area contributed by atoms with E-state index in [1.54, 1.807) is 0 Å². The number of nitrogens with two attached hydrogens (primary N) is 1. The molecule has 0 spiro atoms. The van der Waals surface area contributed by atoms with Crippen LogP contribution in [0.2, 0.25) is 0 Å². The van der Waals surface area contributed by atoms with Crippen LogP contribution in [0, 0.1) is 11.8 Å². The Morgan fingerprint density at radius 3 is 1.90 bits per heavy atom. The molecule has 2 atom stereocenters. The maximum atomic E-state index is 5.40. The molecule has 0 heterocycles. The molecule has 0 aromatic heterocycles. The second-order valence-electron chi connectivity index (χ2n) is 3.32. The largest absolute Gasteiger partial charge is 0.271 e. The highest BCUT2D eigenvalue weighted by Crippen LogP contribution is 2.14. The minimum absolute atomic E-state index is 0.463. The average molecular weight is 144 g/mol. The van der Waals surface area contributed by atoms with Crippen LogP contribution in [-0.2, 0) is 0 Å². The van der Waals surface area contributed by atoms with Gasteiger partial charge < -0.3 is 0 Å². The van der Waals surface area contributed by atoms with Crippen LogP contribution in [0.1, 0.15) is 34.1 Å². The minimum Gasteiger partial charge on any atom is -0.271 e. The van der Waals surface area contributed by atoms with E-state index in [9.17, 15) is 0 Å². The summed E-state index contributed by atoms with van der Waals surface area (Å²) in [5, 5.41) is 0. The predicted octanol–water partition coefficient (Wildman–Crippen LogP) is 1.52. The lowest BCUT2D eigenvalue weighted by Crippen LogP contribution is -2.43. The van der Waals surface area contributed by atoms with Crippen molar-refractivity contribution in [3.63, 3.8) is 0 Å². The van der Waals surface area contributed by atoms with E-state index in [1.165, 1.54) is 6.42 Å². The monoisotopic (exact) mass is 144 g/mol. The molecule has 0 saturated heterocycles. The predicted molar refractivity (Wildman–Crippen MR) is 45.4 cm³/mol. The van der Waals surface area contributed by atoms with Gasteiger partial charge >= 0.3 is 0 Å². The number of hydrazine groups is 1. The van der Waals surface area contributed by atoms with Crippen LogP contribution in [-0.4, -0.2) is 6.04 Å². The molecule has 0 fully saturated rings. The second-order valence-corrected chi connectivity index (χ2v) is 3.32. The van der Waals surface area contributed by atoms with Gasteiger partial charge in [0.2, 0.25) is 0 Å². The zero-order valence-corrected chi connectivity index (χ0v) is 7.52. The molecule has 0 aliphatic heterocycles. The van der Waals surface area contributed by atoms with Crippen molar-refractivity contribution in [2.24, 2.45) is 17.7 Å². The number of hydrogen-bond donors (Lipinski definition) is 2. The summed E-state index contributed by atoms with van der Waals surface area (Å²) in [6.07, 6.45) is 1.19. The first-order valence-corrected chi connectivity index (χ1v) is 4.09. The summed E-state index contributed by atoms with van der Waals surface area (Å²) in [7, 11) is 0. The third kappa shape index (κ3) is 2.67. The SMILES string of the molecule is CCC(C)C(NN)C(C)C. The smallest absolute Gasteiger partial charge is 0.0258 e. The van der Waals surface area contributed by atoms with Gasteiger partial charge in [0.1, 0.15) is 0 Å². The maximum absolute atomic E-state index is 5.40. The van der Waals surface area contributed by atoms with Crippen LogP contribution < -0.4 is 11.3 Å². The summed E-state index contributed by atoms with van der Waals surface area (Å²) in [6.45, 7) is 8.80. The molecule has 0 saturated carbocycles. The van der Waals surface area contributed by atoms with E-state index >= 15 is 0 Å². The van der Waals surface area contributed by atoms with Crippen molar-refractivity contribution in [2.45, 2.75) is 40.2 Å². The third-order valence-corrected chi connectivity index (χ3v) is 2.17. The Morgan fingerprint density at radius 2 is 1.80 bits per heavy atom. The van der Waals surface area contributed by atoms with Gasteiger partial charge in [-0.05, 0) is 11.8 Å². The van der Waals surface area contributed by atoms with Gasteiger partial charge in [0.05, 0.1) is 0 Å². The van der Waals surface area contributed by atoms with Crippen LogP contribution >= 0.6 is 0 Å². The highest BCUT2D eigenvalue weighted by atomic mass is 15.2. The van der Waals surface area contributed by atoms with Crippen molar-refractivity contribution in [1.82, 2.24) is 5.43 Å². The molecule has 3 N–H and O–H groups in total. The van der Waals surface area contributed by atoms with Crippen molar-refractivity contribution in [1.29, 1.82) is 0 Å². The van der Waals surface area contributed by atoms with Crippen molar-refractivity contribution >= 4 is 0 Å². The zero-order chi connectivity index (χ0) is 8.15. The molecule has 0 amide bonds. The van der Waals surface area contributed by atoms with Gasteiger partial charge in [-0.2, -0.15) is 0 Å². The fourth-order valence-electron chi connectivity index (χ4n) is 1.27. The van der Waals surface area contributed by atoms with Gasteiger partial charge in [0.15, 0.2) is 0 Å². The van der Waals surface area contributed by atoms with E-state index in [1.807, 2.05) is 0 Å². The number of nitrogens with one attached hydrogen (secondary N) is 1. The van der Waals surface area contributed by atoms with Gasteiger partial charge in [-0.15, -0.1) is 0 Å². The molecule has 0 aliphatic rings. The van der Waals surface area contributed by atoms with Crippen LogP contribution in [0.25, 0.3) is 0 Å². The van der Waals surface area contributed by atoms with E-state index < -0.39 is 0 Å². The van der Waals surface area contributed by atoms with Gasteiger partial charge in [-0.25, -0.2) is 0 Å². The Labute approximate surface area is 64.2 Å². The Hall–Kier alpha value is -0.0800. The van der Waals surface area contributed by atoms with E-state index in [0.29, 0.717) is 17.9 Å². The highest BCUT2D eigenvalue weighted by molar-refractivity contribution is 4.72. The lowest BCUT2D eigenvalue weighted by atomic mass is 9.91. The maximum Gasteiger partial charge on any atom is 0.0258 e. The molecule has 0 radical (unpaired) electrons. The van der Waals surface area contributed by atoms with Gasteiger partial charge in [0.25, 0.3) is 0 Å². The Morgan fingerprint density at radius 1 is 1.30 bits per heavy atom. The molecule has 0 aromatic rings. The number of hydrogen-bond acceptors (Lipinski definition) is 2. The quantitative estimate of drug-likeness (QED) is 0.464. The lowest BCUT2D eigenvalue weighted by molar-refractivity contribution is 0.296. The lowest BCUT2D eigenvalue weighted by Gasteiger charge is -2.25. The molecule has 10 heavy (non-hydrogen) atoms. The van der Waals surface area contributed by atoms with E-state index in [4.69, 9.17) is 5.84 Å². The van der Waals surface area contributed by atoms with Crippen molar-refractivity contribution in [3.05, 3.63) is 0 Å². The Kier molecular flexibility index (Phi) is 4.65. The molecule has 2 heteroatoms. The molecule has 2 nitrogen and oxygen atoms in total. The summed E-state index contributed by atoms with van der Waals surface area (Å²) in [6, 6.07) is 0.463. The molecule has 62 valence electrons. The molecule has 0 rings (SSSR count). The Bertz CT molecular complexity index is 81.3. The average Bonchev–Trinajstić information content (AvgIpc) is 1.88. The zero-order valence-electron chi connectivity index (χ0n) is 7.52. The van der Waals surface area contributed by atoms with Gasteiger partial charge in [0, 0.05) is 6.04 Å². The van der Waals surface area contributed by atoms with Crippen LogP contribution in [0.4, 0.5) is 0 Å². The third-order valence-electron chi connectivity index (χ3n) is 2.17. The fourth-order valence-corrected chi connectivity index (χ4v) is 1.27. The summed E-state index contributed by atoms with van der Waals surface area (Å²) < 4.78 is 0. The molecule has 0 aliphatic carbocycles. The van der Waals surface area contributed by atoms with E-state index in [2.05, 4.69) is 33.1 Å². The first-order chi connectivity index (χ1) is 4.63. The summed E-state index contributed by atoms with van der Waals surface area (Å²) in [5.74, 6) is 6.70. The Balaban J connectivity index is 3.80. The van der Waals surface area contributed by atoms with Crippen molar-refractivity contribution in [2.75, 3.05) is 0 Å². The first kappa shape index (κ1) is 9.92. The molecular formula is C8H20N2. The van der Waals surface area contributed by atoms with Gasteiger partial charge in [-0.3, -0.25) is 11.3 Å². The van der Waals surface area contributed by atoms with E-state index in [-0.39, 0.29) is 0 Å². The first-order valence-electron chi connectivity index (χ1n) is 4.09. The van der Waals surface area contributed by atoms with Gasteiger partial charge in [-0.1, -0.05) is 34.1 Å². The normalized spacial score (nSPS) is 17.4. The van der Waals surface area contributed by atoms with E-state index in [0.717, 1.165) is 0 Å². The molecular weight excluding hydrogens is 124 g/mol. The molecule has 0 bridgehead atoms. The standard InChI is InChI=1S/C8H20N2/c1-5-7(4)8(10-9)6(2)3/h6-8,10H,5,9H2,1-4H3. The molecule has 2 unspecified atom stereocenters. The summed E-state index contributed by atoms with van der Waals surface area (Å²) >= 11 is 0. The highest BCUT2D eigenvalue weighted by Gasteiger charge is 2.16. The molecule has 0 aromatic carbocycles.